The van der Waals surface area contributed by atoms with E-state index >= 15 is 0 Å². The van der Waals surface area contributed by atoms with Gasteiger partial charge in [0, 0.05) is 37.4 Å². The second kappa shape index (κ2) is 8.19. The number of para-hydroxylation sites is 1. The Morgan fingerprint density at radius 3 is 2.68 bits per heavy atom. The van der Waals surface area contributed by atoms with Gasteiger partial charge >= 0.3 is 0 Å². The Morgan fingerprint density at radius 1 is 1.18 bits per heavy atom. The molecule has 1 aromatic carbocycles. The highest BCUT2D eigenvalue weighted by molar-refractivity contribution is 7.13. The lowest BCUT2D eigenvalue weighted by molar-refractivity contribution is 0.0984. The summed E-state index contributed by atoms with van der Waals surface area (Å²) in [5.41, 5.74) is 3.67. The van der Waals surface area contributed by atoms with E-state index in [9.17, 15) is 4.79 Å². The van der Waals surface area contributed by atoms with E-state index in [0.717, 1.165) is 35.2 Å². The van der Waals surface area contributed by atoms with Crippen LogP contribution in [0.2, 0.25) is 0 Å². The topological polar surface area (TPSA) is 41.4 Å². The van der Waals surface area contributed by atoms with Gasteiger partial charge in [0.15, 0.2) is 5.13 Å². The van der Waals surface area contributed by atoms with Gasteiger partial charge in [-0.05, 0) is 49.9 Å². The van der Waals surface area contributed by atoms with E-state index in [1.54, 1.807) is 16.2 Å². The number of hydrogen-bond acceptors (Lipinski definition) is 4. The van der Waals surface area contributed by atoms with Crippen LogP contribution in [-0.2, 0) is 6.54 Å². The quantitative estimate of drug-likeness (QED) is 0.637. The van der Waals surface area contributed by atoms with Crippen LogP contribution in [0.25, 0.3) is 0 Å². The van der Waals surface area contributed by atoms with Gasteiger partial charge in [-0.2, -0.15) is 0 Å². The number of anilines is 2. The second-order valence-electron chi connectivity index (χ2n) is 7.40. The lowest BCUT2D eigenvalue weighted by Crippen LogP contribution is -2.29. The highest BCUT2D eigenvalue weighted by Crippen LogP contribution is 2.25. The van der Waals surface area contributed by atoms with Crippen LogP contribution in [-0.4, -0.2) is 35.6 Å². The number of carbonyl (C=O) groups excluding carboxylic acids is 1. The monoisotopic (exact) mass is 394 g/mol. The molecule has 0 saturated carbocycles. The predicted octanol–water partition coefficient (Wildman–Crippen LogP) is 4.57. The summed E-state index contributed by atoms with van der Waals surface area (Å²) in [6, 6.07) is 11.7. The number of benzene rings is 1. The fourth-order valence-corrected chi connectivity index (χ4v) is 4.55. The summed E-state index contributed by atoms with van der Waals surface area (Å²) in [6.07, 6.45) is 5.84. The van der Waals surface area contributed by atoms with E-state index in [-0.39, 0.29) is 5.91 Å². The highest BCUT2D eigenvalue weighted by atomic mass is 32.1. The number of aryl methyl sites for hydroxylation is 1. The fraction of sp³-hybridized carbons (Fsp3) is 0.364. The van der Waals surface area contributed by atoms with Crippen molar-refractivity contribution in [3.05, 3.63) is 64.9 Å². The minimum atomic E-state index is -0.00853. The molecule has 0 atom stereocenters. The minimum absolute atomic E-state index is 0.00853. The Kier molecular flexibility index (Phi) is 5.48. The minimum Gasteiger partial charge on any atom is -0.348 e. The summed E-state index contributed by atoms with van der Waals surface area (Å²) in [6.45, 7) is 4.83. The van der Waals surface area contributed by atoms with Crippen LogP contribution in [0.1, 0.15) is 41.0 Å². The van der Waals surface area contributed by atoms with Crippen LogP contribution in [0.3, 0.4) is 0 Å². The van der Waals surface area contributed by atoms with E-state index in [0.29, 0.717) is 12.2 Å². The molecular formula is C22H26N4OS. The zero-order valence-electron chi connectivity index (χ0n) is 16.5. The summed E-state index contributed by atoms with van der Waals surface area (Å²) >= 11 is 1.71. The van der Waals surface area contributed by atoms with E-state index < -0.39 is 0 Å². The number of nitrogens with zero attached hydrogens (tertiary/aromatic N) is 4. The zero-order chi connectivity index (χ0) is 19.5. The smallest absolute Gasteiger partial charge is 0.274 e. The third-order valence-electron chi connectivity index (χ3n) is 5.20. The maximum absolute atomic E-state index is 13.1. The van der Waals surface area contributed by atoms with Gasteiger partial charge in [0.05, 0.1) is 12.2 Å². The molecule has 0 bridgehead atoms. The van der Waals surface area contributed by atoms with Crippen LogP contribution in [0.5, 0.6) is 0 Å². The first-order chi connectivity index (χ1) is 13.6. The van der Waals surface area contributed by atoms with Gasteiger partial charge in [0.25, 0.3) is 5.91 Å². The second-order valence-corrected chi connectivity index (χ2v) is 8.24. The molecule has 0 N–H and O–H groups in total. The Labute approximate surface area is 170 Å². The molecule has 1 amide bonds. The number of amides is 1. The van der Waals surface area contributed by atoms with Gasteiger partial charge in [-0.25, -0.2) is 4.98 Å². The maximum atomic E-state index is 13.1. The van der Waals surface area contributed by atoms with Crippen molar-refractivity contribution in [2.45, 2.75) is 32.7 Å². The van der Waals surface area contributed by atoms with Crippen LogP contribution in [0.15, 0.2) is 48.0 Å². The van der Waals surface area contributed by atoms with Crippen molar-refractivity contribution in [2.75, 3.05) is 29.9 Å². The van der Waals surface area contributed by atoms with Gasteiger partial charge in [-0.1, -0.05) is 18.2 Å². The summed E-state index contributed by atoms with van der Waals surface area (Å²) in [5, 5.41) is 3.22. The van der Waals surface area contributed by atoms with Gasteiger partial charge in [-0.15, -0.1) is 11.3 Å². The van der Waals surface area contributed by atoms with Gasteiger partial charge in [-0.3, -0.25) is 4.79 Å². The molecule has 0 aliphatic carbocycles. The number of piperidine rings is 1. The van der Waals surface area contributed by atoms with Crippen molar-refractivity contribution in [3.63, 3.8) is 0 Å². The zero-order valence-corrected chi connectivity index (χ0v) is 17.3. The van der Waals surface area contributed by atoms with E-state index in [4.69, 9.17) is 4.98 Å². The molecule has 6 heteroatoms. The van der Waals surface area contributed by atoms with E-state index in [2.05, 4.69) is 10.3 Å². The molecular weight excluding hydrogens is 368 g/mol. The molecule has 0 radical (unpaired) electrons. The molecule has 5 nitrogen and oxygen atoms in total. The molecule has 2 aromatic heterocycles. The Morgan fingerprint density at radius 2 is 1.93 bits per heavy atom. The van der Waals surface area contributed by atoms with Crippen LogP contribution in [0, 0.1) is 6.92 Å². The molecule has 1 fully saturated rings. The summed E-state index contributed by atoms with van der Waals surface area (Å²) in [4.78, 5) is 22.0. The van der Waals surface area contributed by atoms with Crippen molar-refractivity contribution >= 4 is 28.1 Å². The summed E-state index contributed by atoms with van der Waals surface area (Å²) in [7, 11) is 1.82. The number of aromatic nitrogens is 2. The molecule has 3 heterocycles. The lowest BCUT2D eigenvalue weighted by Gasteiger charge is -2.25. The lowest BCUT2D eigenvalue weighted by atomic mass is 10.1. The summed E-state index contributed by atoms with van der Waals surface area (Å²) < 4.78 is 2.02. The molecule has 0 unspecified atom stereocenters. The Balaban J connectivity index is 1.53. The number of thiazole rings is 1. The normalized spacial score (nSPS) is 14.3. The number of rotatable bonds is 5. The maximum Gasteiger partial charge on any atom is 0.274 e. The van der Waals surface area contributed by atoms with Crippen LogP contribution < -0.4 is 9.80 Å². The van der Waals surface area contributed by atoms with Gasteiger partial charge < -0.3 is 14.4 Å². The fourth-order valence-electron chi connectivity index (χ4n) is 3.68. The van der Waals surface area contributed by atoms with Gasteiger partial charge in [0.1, 0.15) is 5.69 Å². The third kappa shape index (κ3) is 3.97. The van der Waals surface area contributed by atoms with Crippen molar-refractivity contribution in [1.82, 2.24) is 9.55 Å². The van der Waals surface area contributed by atoms with Crippen molar-refractivity contribution in [1.29, 1.82) is 0 Å². The molecule has 1 aliphatic heterocycles. The molecule has 0 spiro atoms. The predicted molar refractivity (Wildman–Crippen MR) is 116 cm³/mol. The molecule has 146 valence electrons. The van der Waals surface area contributed by atoms with Crippen LogP contribution >= 0.6 is 11.3 Å². The summed E-state index contributed by atoms with van der Waals surface area (Å²) in [5.74, 6) is -0.00853. The first-order valence-corrected chi connectivity index (χ1v) is 10.7. The molecule has 28 heavy (non-hydrogen) atoms. The standard InChI is InChI=1S/C22H26N4OS/c1-17-13-20(21(27)24(2)19-9-5-3-6-10-19)26(14-17)15-18-16-28-22(23-18)25-11-7-4-8-12-25/h3,5-6,9-10,13-14,16H,4,7-8,11-12,15H2,1-2H3. The van der Waals surface area contributed by atoms with E-state index in [1.165, 1.54) is 19.3 Å². The third-order valence-corrected chi connectivity index (χ3v) is 6.15. The van der Waals surface area contributed by atoms with Crippen molar-refractivity contribution in [2.24, 2.45) is 0 Å². The molecule has 1 aliphatic rings. The average molecular weight is 395 g/mol. The SMILES string of the molecule is Cc1cc(C(=O)N(C)c2ccccc2)n(Cc2csc(N3CCCCC3)n2)c1. The molecule has 3 aromatic rings. The average Bonchev–Trinajstić information content (AvgIpc) is 3.35. The van der Waals surface area contributed by atoms with Crippen molar-refractivity contribution in [3.8, 4) is 0 Å². The van der Waals surface area contributed by atoms with Crippen LogP contribution in [0.4, 0.5) is 10.8 Å². The van der Waals surface area contributed by atoms with Crippen molar-refractivity contribution < 1.29 is 4.79 Å². The van der Waals surface area contributed by atoms with Gasteiger partial charge in [0.2, 0.25) is 0 Å². The first kappa shape index (κ1) is 18.7. The first-order valence-electron chi connectivity index (χ1n) is 9.81. The largest absolute Gasteiger partial charge is 0.348 e. The number of hydrogen-bond donors (Lipinski definition) is 0. The highest BCUT2D eigenvalue weighted by Gasteiger charge is 2.20. The Hall–Kier alpha value is -2.60. The molecule has 1 saturated heterocycles. The number of carbonyl (C=O) groups is 1. The molecule has 4 rings (SSSR count). The Bertz CT molecular complexity index is 941. The van der Waals surface area contributed by atoms with E-state index in [1.807, 2.05) is 61.1 Å².